The third kappa shape index (κ3) is 3.81. The van der Waals surface area contributed by atoms with Crippen LogP contribution in [0.5, 0.6) is 0 Å². The Bertz CT molecular complexity index is 1180. The van der Waals surface area contributed by atoms with Crippen LogP contribution >= 0.6 is 11.6 Å². The summed E-state index contributed by atoms with van der Waals surface area (Å²) >= 11 is 6.04. The molecule has 2 aliphatic rings. The normalized spacial score (nSPS) is 19.4. The van der Waals surface area contributed by atoms with Crippen molar-refractivity contribution in [3.8, 4) is 0 Å². The van der Waals surface area contributed by atoms with E-state index in [0.717, 1.165) is 28.7 Å². The number of nitrogens with zero attached hydrogens (tertiary/aromatic N) is 1. The molecule has 0 N–H and O–H groups in total. The Morgan fingerprint density at radius 3 is 2.28 bits per heavy atom. The van der Waals surface area contributed by atoms with Crippen LogP contribution in [-0.4, -0.2) is 17.8 Å². The van der Waals surface area contributed by atoms with Gasteiger partial charge in [-0.1, -0.05) is 72.3 Å². The van der Waals surface area contributed by atoms with Crippen molar-refractivity contribution in [1.82, 2.24) is 0 Å². The molecule has 0 aliphatic carbocycles. The van der Waals surface area contributed by atoms with Crippen molar-refractivity contribution >= 4 is 28.6 Å². The first-order valence-electron chi connectivity index (χ1n) is 10.4. The Labute approximate surface area is 190 Å². The molecule has 1 fully saturated rings. The molecule has 0 aromatic heterocycles. The van der Waals surface area contributed by atoms with Crippen LogP contribution in [0.2, 0.25) is 5.02 Å². The van der Waals surface area contributed by atoms with E-state index in [2.05, 4.69) is 30.3 Å². The van der Waals surface area contributed by atoms with E-state index in [1.165, 1.54) is 12.1 Å². The fourth-order valence-electron chi connectivity index (χ4n) is 4.26. The van der Waals surface area contributed by atoms with Gasteiger partial charge in [0.2, 0.25) is 6.29 Å². The number of ether oxygens (including phenoxy) is 2. The zero-order chi connectivity index (χ0) is 22.1. The van der Waals surface area contributed by atoms with Gasteiger partial charge in [0.25, 0.3) is 5.69 Å². The Morgan fingerprint density at radius 2 is 1.66 bits per heavy atom. The summed E-state index contributed by atoms with van der Waals surface area (Å²) in [7, 11) is 0. The summed E-state index contributed by atoms with van der Waals surface area (Å²) in [6, 6.07) is 25.1. The average molecular weight is 446 g/mol. The summed E-state index contributed by atoms with van der Waals surface area (Å²) in [6.45, 7) is 0.618. The SMILES string of the molecule is O=[N+]([O-])c1cc(C2=C(C=C(c3ccccc3)c3ccccc3)[C@@H]3CCO[C@@H]3O2)ccc1Cl. The van der Waals surface area contributed by atoms with Crippen LogP contribution in [-0.2, 0) is 9.47 Å². The molecule has 2 atom stereocenters. The van der Waals surface area contributed by atoms with E-state index < -0.39 is 11.2 Å². The van der Waals surface area contributed by atoms with Gasteiger partial charge in [-0.25, -0.2) is 0 Å². The van der Waals surface area contributed by atoms with Crippen LogP contribution in [0.1, 0.15) is 23.1 Å². The molecule has 0 bridgehead atoms. The zero-order valence-corrected chi connectivity index (χ0v) is 17.9. The summed E-state index contributed by atoms with van der Waals surface area (Å²) in [4.78, 5) is 11.0. The standard InChI is InChI=1S/C26H20ClNO4/c27-23-12-11-19(15-24(23)28(29)30)25-22(20-13-14-31-26(20)32-25)16-21(17-7-3-1-4-8-17)18-9-5-2-6-10-18/h1-12,15-16,20,26H,13-14H2/t20-,26+/m0/s1. The highest BCUT2D eigenvalue weighted by Gasteiger charge is 2.41. The first-order valence-corrected chi connectivity index (χ1v) is 10.8. The van der Waals surface area contributed by atoms with Gasteiger partial charge >= 0.3 is 0 Å². The lowest BCUT2D eigenvalue weighted by Gasteiger charge is -2.12. The van der Waals surface area contributed by atoms with Gasteiger partial charge in [-0.05, 0) is 41.3 Å². The molecule has 0 saturated carbocycles. The average Bonchev–Trinajstić information content (AvgIpc) is 3.41. The van der Waals surface area contributed by atoms with Gasteiger partial charge < -0.3 is 9.47 Å². The van der Waals surface area contributed by atoms with Gasteiger partial charge in [-0.3, -0.25) is 10.1 Å². The van der Waals surface area contributed by atoms with Crippen LogP contribution in [0.15, 0.2) is 90.5 Å². The monoisotopic (exact) mass is 445 g/mol. The van der Waals surface area contributed by atoms with Gasteiger partial charge in [-0.15, -0.1) is 0 Å². The molecule has 160 valence electrons. The van der Waals surface area contributed by atoms with Gasteiger partial charge in [-0.2, -0.15) is 0 Å². The van der Waals surface area contributed by atoms with E-state index in [1.807, 2.05) is 36.4 Å². The van der Waals surface area contributed by atoms with Crippen LogP contribution < -0.4 is 0 Å². The van der Waals surface area contributed by atoms with E-state index in [9.17, 15) is 10.1 Å². The van der Waals surface area contributed by atoms with Crippen molar-refractivity contribution in [3.05, 3.63) is 122 Å². The summed E-state index contributed by atoms with van der Waals surface area (Å²) in [6.07, 6.45) is 2.57. The Hall–Kier alpha value is -3.41. The maximum absolute atomic E-state index is 11.4. The third-order valence-electron chi connectivity index (χ3n) is 5.81. The molecular weight excluding hydrogens is 426 g/mol. The number of allylic oxidation sites excluding steroid dienone is 1. The van der Waals surface area contributed by atoms with Crippen LogP contribution in [0, 0.1) is 16.0 Å². The molecule has 2 heterocycles. The topological polar surface area (TPSA) is 61.6 Å². The molecule has 0 spiro atoms. The first-order chi connectivity index (χ1) is 15.6. The first kappa shape index (κ1) is 20.5. The second-order valence-corrected chi connectivity index (χ2v) is 8.16. The van der Waals surface area contributed by atoms with E-state index in [4.69, 9.17) is 21.1 Å². The predicted octanol–water partition coefficient (Wildman–Crippen LogP) is 6.48. The van der Waals surface area contributed by atoms with Gasteiger partial charge in [0.1, 0.15) is 10.8 Å². The fourth-order valence-corrected chi connectivity index (χ4v) is 4.45. The smallest absolute Gasteiger partial charge is 0.288 e. The molecule has 2 aliphatic heterocycles. The molecule has 5 rings (SSSR count). The van der Waals surface area contributed by atoms with Crippen molar-refractivity contribution < 1.29 is 14.4 Å². The minimum Gasteiger partial charge on any atom is -0.463 e. The quantitative estimate of drug-likeness (QED) is 0.333. The van der Waals surface area contributed by atoms with Gasteiger partial charge in [0.15, 0.2) is 0 Å². The highest BCUT2D eigenvalue weighted by atomic mass is 35.5. The predicted molar refractivity (Wildman–Crippen MR) is 124 cm³/mol. The zero-order valence-electron chi connectivity index (χ0n) is 17.1. The van der Waals surface area contributed by atoms with Gasteiger partial charge in [0.05, 0.1) is 17.4 Å². The van der Waals surface area contributed by atoms with Crippen LogP contribution in [0.4, 0.5) is 5.69 Å². The Kier molecular flexibility index (Phi) is 5.52. The summed E-state index contributed by atoms with van der Waals surface area (Å²) in [5, 5.41) is 11.5. The molecule has 0 amide bonds. The molecule has 3 aromatic rings. The number of nitro groups is 1. The van der Waals surface area contributed by atoms with Gasteiger partial charge in [0, 0.05) is 17.2 Å². The molecule has 6 heteroatoms. The Balaban J connectivity index is 1.70. The number of halogens is 1. The van der Waals surface area contributed by atoms with Crippen molar-refractivity contribution in [1.29, 1.82) is 0 Å². The minimum atomic E-state index is -0.479. The summed E-state index contributed by atoms with van der Waals surface area (Å²) in [5.41, 5.74) is 4.66. The maximum Gasteiger partial charge on any atom is 0.288 e. The molecule has 0 unspecified atom stereocenters. The van der Waals surface area contributed by atoms with E-state index in [0.29, 0.717) is 17.9 Å². The minimum absolute atomic E-state index is 0.0576. The lowest BCUT2D eigenvalue weighted by Crippen LogP contribution is -2.12. The molecular formula is C26H20ClNO4. The third-order valence-corrected chi connectivity index (χ3v) is 6.13. The molecule has 32 heavy (non-hydrogen) atoms. The van der Waals surface area contributed by atoms with Crippen molar-refractivity contribution in [3.63, 3.8) is 0 Å². The van der Waals surface area contributed by atoms with Crippen LogP contribution in [0.25, 0.3) is 11.3 Å². The number of rotatable bonds is 5. The lowest BCUT2D eigenvalue weighted by molar-refractivity contribution is -0.384. The summed E-state index contributed by atoms with van der Waals surface area (Å²) in [5.74, 6) is 0.658. The second-order valence-electron chi connectivity index (χ2n) is 7.75. The Morgan fingerprint density at radius 1 is 1.00 bits per heavy atom. The number of hydrogen-bond donors (Lipinski definition) is 0. The van der Waals surface area contributed by atoms with E-state index in [1.54, 1.807) is 6.07 Å². The number of nitro benzene ring substituents is 1. The van der Waals surface area contributed by atoms with Crippen molar-refractivity contribution in [2.24, 2.45) is 5.92 Å². The number of benzene rings is 3. The number of fused-ring (bicyclic) bond motifs is 1. The largest absolute Gasteiger partial charge is 0.463 e. The maximum atomic E-state index is 11.4. The highest BCUT2D eigenvalue weighted by molar-refractivity contribution is 6.32. The van der Waals surface area contributed by atoms with Crippen molar-refractivity contribution in [2.45, 2.75) is 12.7 Å². The summed E-state index contributed by atoms with van der Waals surface area (Å²) < 4.78 is 12.0. The van der Waals surface area contributed by atoms with Crippen LogP contribution in [0.3, 0.4) is 0 Å². The lowest BCUT2D eigenvalue weighted by atomic mass is 9.89. The molecule has 5 nitrogen and oxygen atoms in total. The van der Waals surface area contributed by atoms with E-state index in [-0.39, 0.29) is 16.6 Å². The fraction of sp³-hybridized carbons (Fsp3) is 0.154. The van der Waals surface area contributed by atoms with E-state index >= 15 is 0 Å². The number of hydrogen-bond acceptors (Lipinski definition) is 4. The molecule has 1 saturated heterocycles. The molecule has 3 aromatic carbocycles. The molecule has 0 radical (unpaired) electrons. The second kappa shape index (κ2) is 8.61. The highest BCUT2D eigenvalue weighted by Crippen LogP contribution is 2.45. The van der Waals surface area contributed by atoms with Crippen molar-refractivity contribution in [2.75, 3.05) is 6.61 Å².